The maximum atomic E-state index is 6.02. The van der Waals surface area contributed by atoms with Crippen LogP contribution in [0.4, 0.5) is 5.69 Å². The molecule has 0 spiro atoms. The van der Waals surface area contributed by atoms with Gasteiger partial charge >= 0.3 is 0 Å². The first-order chi connectivity index (χ1) is 9.52. The lowest BCUT2D eigenvalue weighted by Gasteiger charge is -2.29. The van der Waals surface area contributed by atoms with Gasteiger partial charge in [0.2, 0.25) is 0 Å². The van der Waals surface area contributed by atoms with Crippen molar-refractivity contribution >= 4 is 5.69 Å². The van der Waals surface area contributed by atoms with Gasteiger partial charge in [-0.1, -0.05) is 12.1 Å². The molecule has 0 bridgehead atoms. The van der Waals surface area contributed by atoms with Crippen molar-refractivity contribution in [2.75, 3.05) is 59.3 Å². The van der Waals surface area contributed by atoms with E-state index >= 15 is 0 Å². The Kier molecular flexibility index (Phi) is 5.02. The average Bonchev–Trinajstić information content (AvgIpc) is 2.78. The second-order valence-electron chi connectivity index (χ2n) is 6.10. The van der Waals surface area contributed by atoms with Crippen LogP contribution < -0.4 is 10.6 Å². The number of rotatable bonds is 6. The van der Waals surface area contributed by atoms with Gasteiger partial charge in [-0.3, -0.25) is 4.90 Å². The number of hydrogen-bond donors (Lipinski definition) is 1. The molecule has 1 aliphatic rings. The average molecular weight is 276 g/mol. The Balaban J connectivity index is 2.11. The van der Waals surface area contributed by atoms with Gasteiger partial charge in [-0.15, -0.1) is 0 Å². The molecule has 2 N–H and O–H groups in total. The molecule has 0 aromatic heterocycles. The molecule has 1 unspecified atom stereocenters. The zero-order chi connectivity index (χ0) is 14.7. The molecule has 1 aliphatic heterocycles. The van der Waals surface area contributed by atoms with E-state index in [4.69, 9.17) is 5.73 Å². The third kappa shape index (κ3) is 3.32. The highest BCUT2D eigenvalue weighted by Crippen LogP contribution is 2.30. The van der Waals surface area contributed by atoms with Gasteiger partial charge in [0.1, 0.15) is 0 Å². The molecule has 1 aromatic carbocycles. The van der Waals surface area contributed by atoms with Crippen molar-refractivity contribution in [2.45, 2.75) is 12.5 Å². The third-order valence-electron chi connectivity index (χ3n) is 4.27. The monoisotopic (exact) mass is 276 g/mol. The fourth-order valence-corrected chi connectivity index (χ4v) is 2.88. The molecule has 0 radical (unpaired) electrons. The quantitative estimate of drug-likeness (QED) is 0.846. The van der Waals surface area contributed by atoms with Crippen molar-refractivity contribution < 1.29 is 0 Å². The number of anilines is 1. The van der Waals surface area contributed by atoms with Crippen molar-refractivity contribution in [3.63, 3.8) is 0 Å². The van der Waals surface area contributed by atoms with E-state index < -0.39 is 0 Å². The summed E-state index contributed by atoms with van der Waals surface area (Å²) in [7, 11) is 8.54. The van der Waals surface area contributed by atoms with E-state index in [1.165, 1.54) is 16.8 Å². The highest BCUT2D eigenvalue weighted by Gasteiger charge is 2.20. The van der Waals surface area contributed by atoms with E-state index in [1.54, 1.807) is 0 Å². The van der Waals surface area contributed by atoms with Gasteiger partial charge in [-0.25, -0.2) is 0 Å². The Morgan fingerprint density at radius 2 is 2.00 bits per heavy atom. The fourth-order valence-electron chi connectivity index (χ4n) is 2.88. The molecule has 1 heterocycles. The molecule has 1 atom stereocenters. The Labute approximate surface area is 123 Å². The van der Waals surface area contributed by atoms with Crippen LogP contribution in [-0.2, 0) is 6.42 Å². The van der Waals surface area contributed by atoms with Gasteiger partial charge in [0.25, 0.3) is 0 Å². The molecule has 2 rings (SSSR count). The van der Waals surface area contributed by atoms with Gasteiger partial charge in [0.05, 0.1) is 0 Å². The van der Waals surface area contributed by atoms with Gasteiger partial charge < -0.3 is 15.5 Å². The first-order valence-corrected chi connectivity index (χ1v) is 7.42. The van der Waals surface area contributed by atoms with Crippen LogP contribution in [-0.4, -0.2) is 64.2 Å². The lowest BCUT2D eigenvalue weighted by molar-refractivity contribution is 0.223. The highest BCUT2D eigenvalue weighted by atomic mass is 15.2. The third-order valence-corrected chi connectivity index (χ3v) is 4.27. The second kappa shape index (κ2) is 6.57. The summed E-state index contributed by atoms with van der Waals surface area (Å²) in [6.45, 7) is 3.88. The van der Waals surface area contributed by atoms with Crippen molar-refractivity contribution in [1.29, 1.82) is 0 Å². The normalized spacial score (nSPS) is 16.1. The van der Waals surface area contributed by atoms with Crippen LogP contribution in [0, 0.1) is 0 Å². The fraction of sp³-hybridized carbons (Fsp3) is 0.625. The maximum Gasteiger partial charge on any atom is 0.0468 e. The topological polar surface area (TPSA) is 35.7 Å². The summed E-state index contributed by atoms with van der Waals surface area (Å²) in [4.78, 5) is 6.90. The largest absolute Gasteiger partial charge is 0.374 e. The Morgan fingerprint density at radius 3 is 2.65 bits per heavy atom. The molecule has 1 aromatic rings. The Bertz CT molecular complexity index is 444. The predicted molar refractivity (Wildman–Crippen MR) is 86.4 cm³/mol. The lowest BCUT2D eigenvalue weighted by atomic mass is 10.0. The molecule has 4 nitrogen and oxygen atoms in total. The van der Waals surface area contributed by atoms with Crippen LogP contribution in [0.15, 0.2) is 18.2 Å². The summed E-state index contributed by atoms with van der Waals surface area (Å²) in [5.74, 6) is 0. The second-order valence-corrected chi connectivity index (χ2v) is 6.10. The van der Waals surface area contributed by atoms with Crippen molar-refractivity contribution in [1.82, 2.24) is 9.80 Å². The van der Waals surface area contributed by atoms with E-state index in [1.807, 2.05) is 0 Å². The summed E-state index contributed by atoms with van der Waals surface area (Å²) in [5, 5.41) is 0. The number of fused-ring (bicyclic) bond motifs is 1. The van der Waals surface area contributed by atoms with Crippen molar-refractivity contribution in [2.24, 2.45) is 5.73 Å². The van der Waals surface area contributed by atoms with Crippen LogP contribution in [0.25, 0.3) is 0 Å². The molecular formula is C16H28N4. The lowest BCUT2D eigenvalue weighted by Crippen LogP contribution is -2.35. The zero-order valence-electron chi connectivity index (χ0n) is 13.3. The molecule has 0 saturated carbocycles. The molecule has 0 saturated heterocycles. The first kappa shape index (κ1) is 15.3. The van der Waals surface area contributed by atoms with Crippen molar-refractivity contribution in [3.8, 4) is 0 Å². The van der Waals surface area contributed by atoms with Gasteiger partial charge in [-0.05, 0) is 44.8 Å². The molecular weight excluding hydrogens is 248 g/mol. The molecule has 20 heavy (non-hydrogen) atoms. The molecule has 0 fully saturated rings. The van der Waals surface area contributed by atoms with E-state index in [0.29, 0.717) is 12.6 Å². The number of nitrogens with two attached hydrogens (primary N) is 1. The smallest absolute Gasteiger partial charge is 0.0468 e. The molecule has 0 amide bonds. The zero-order valence-corrected chi connectivity index (χ0v) is 13.3. The minimum atomic E-state index is 0.311. The first-order valence-electron chi connectivity index (χ1n) is 7.42. The standard InChI is InChI=1S/C16H28N4/c1-18(2)9-10-20(4)16(12-17)13-5-6-15-14(11-13)7-8-19(15)3/h5-6,11,16H,7-10,12,17H2,1-4H3. The van der Waals surface area contributed by atoms with Gasteiger partial charge in [0, 0.05) is 45.0 Å². The number of benzene rings is 1. The van der Waals surface area contributed by atoms with Crippen LogP contribution in [0.2, 0.25) is 0 Å². The highest BCUT2D eigenvalue weighted by molar-refractivity contribution is 5.58. The summed E-state index contributed by atoms with van der Waals surface area (Å²) < 4.78 is 0. The Hall–Kier alpha value is -1.10. The van der Waals surface area contributed by atoms with E-state index in [2.05, 4.69) is 61.1 Å². The maximum absolute atomic E-state index is 6.02. The number of likely N-dealkylation sites (N-methyl/N-ethyl adjacent to an activating group) is 3. The van der Waals surface area contributed by atoms with Crippen LogP contribution in [0.3, 0.4) is 0 Å². The van der Waals surface area contributed by atoms with E-state index in [-0.39, 0.29) is 0 Å². The van der Waals surface area contributed by atoms with Crippen molar-refractivity contribution in [3.05, 3.63) is 29.3 Å². The summed E-state index contributed by atoms with van der Waals surface area (Å²) in [6.07, 6.45) is 1.15. The SMILES string of the molecule is CN(C)CCN(C)C(CN)c1ccc2c(c1)CCN2C. The van der Waals surface area contributed by atoms with Crippen LogP contribution in [0.1, 0.15) is 17.2 Å². The van der Waals surface area contributed by atoms with Gasteiger partial charge in [0.15, 0.2) is 0 Å². The molecule has 4 heteroatoms. The van der Waals surface area contributed by atoms with Crippen LogP contribution >= 0.6 is 0 Å². The summed E-state index contributed by atoms with van der Waals surface area (Å²) in [6, 6.07) is 7.15. The number of nitrogens with zero attached hydrogens (tertiary/aromatic N) is 3. The molecule has 0 aliphatic carbocycles. The Morgan fingerprint density at radius 1 is 1.25 bits per heavy atom. The minimum absolute atomic E-state index is 0.311. The summed E-state index contributed by atoms with van der Waals surface area (Å²) in [5.41, 5.74) is 10.2. The van der Waals surface area contributed by atoms with E-state index in [9.17, 15) is 0 Å². The van der Waals surface area contributed by atoms with Gasteiger partial charge in [-0.2, -0.15) is 0 Å². The molecule has 112 valence electrons. The summed E-state index contributed by atoms with van der Waals surface area (Å²) >= 11 is 0. The van der Waals surface area contributed by atoms with Crippen LogP contribution in [0.5, 0.6) is 0 Å². The number of hydrogen-bond acceptors (Lipinski definition) is 4. The minimum Gasteiger partial charge on any atom is -0.374 e. The predicted octanol–water partition coefficient (Wildman–Crippen LogP) is 1.17. The van der Waals surface area contributed by atoms with E-state index in [0.717, 1.165) is 26.1 Å².